The van der Waals surface area contributed by atoms with Gasteiger partial charge in [-0.1, -0.05) is 71.5 Å². The van der Waals surface area contributed by atoms with Gasteiger partial charge in [-0.2, -0.15) is 0 Å². The first-order valence-electron chi connectivity index (χ1n) is 9.21. The highest BCUT2D eigenvalue weighted by Crippen LogP contribution is 2.32. The second-order valence-corrected chi connectivity index (χ2v) is 7.71. The minimum absolute atomic E-state index is 0.238. The van der Waals surface area contributed by atoms with Crippen LogP contribution < -0.4 is 10.1 Å². The number of anilines is 1. The summed E-state index contributed by atoms with van der Waals surface area (Å²) in [5.74, 6) is -0.0873. The molecule has 0 bridgehead atoms. The van der Waals surface area contributed by atoms with Crippen molar-refractivity contribution < 1.29 is 9.21 Å². The van der Waals surface area contributed by atoms with Crippen LogP contribution in [-0.4, -0.2) is 10.5 Å². The van der Waals surface area contributed by atoms with E-state index in [1.165, 1.54) is 17.6 Å². The van der Waals surface area contributed by atoms with Gasteiger partial charge in [-0.25, -0.2) is 4.99 Å². The van der Waals surface area contributed by atoms with E-state index in [1.54, 1.807) is 24.3 Å². The lowest BCUT2D eigenvalue weighted by Crippen LogP contribution is -2.15. The van der Waals surface area contributed by atoms with Gasteiger partial charge in [0.25, 0.3) is 5.91 Å². The molecule has 5 nitrogen and oxygen atoms in total. The van der Waals surface area contributed by atoms with E-state index in [2.05, 4.69) is 11.9 Å². The van der Waals surface area contributed by atoms with E-state index in [0.717, 1.165) is 11.3 Å². The Morgan fingerprint density at radius 2 is 1.90 bits per heavy atom. The maximum absolute atomic E-state index is 12.7. The van der Waals surface area contributed by atoms with E-state index in [-0.39, 0.29) is 11.7 Å². The van der Waals surface area contributed by atoms with Crippen molar-refractivity contribution in [3.63, 3.8) is 0 Å². The van der Waals surface area contributed by atoms with Crippen molar-refractivity contribution in [2.24, 2.45) is 4.99 Å². The second-order valence-electron chi connectivity index (χ2n) is 6.32. The van der Waals surface area contributed by atoms with Gasteiger partial charge in [0, 0.05) is 12.1 Å². The monoisotopic (exact) mass is 435 g/mol. The first kappa shape index (κ1) is 19.9. The third kappa shape index (κ3) is 4.15. The number of benzene rings is 2. The van der Waals surface area contributed by atoms with Crippen molar-refractivity contribution in [1.82, 2.24) is 4.57 Å². The Balaban J connectivity index is 1.91. The largest absolute Gasteiger partial charge is 0.459 e. The fraction of sp³-hybridized carbons (Fsp3) is 0.0435. The highest BCUT2D eigenvalue weighted by Gasteiger charge is 2.19. The predicted octanol–water partition coefficient (Wildman–Crippen LogP) is 6.13. The molecule has 150 valence electrons. The number of nitrogens with zero attached hydrogens (tertiary/aromatic N) is 2. The average molecular weight is 436 g/mol. The number of aromatic nitrogens is 1. The molecule has 0 fully saturated rings. The number of carbonyl (C=O) groups excluding carboxylic acids is 1. The van der Waals surface area contributed by atoms with Crippen molar-refractivity contribution in [3.8, 4) is 11.3 Å². The van der Waals surface area contributed by atoms with E-state index in [1.807, 2.05) is 53.1 Å². The lowest BCUT2D eigenvalue weighted by Gasteiger charge is -2.10. The number of amides is 1. The van der Waals surface area contributed by atoms with Crippen LogP contribution in [0.15, 0.2) is 95.1 Å². The van der Waals surface area contributed by atoms with Gasteiger partial charge in [-0.3, -0.25) is 4.79 Å². The van der Waals surface area contributed by atoms with Crippen molar-refractivity contribution >= 4 is 39.5 Å². The first-order chi connectivity index (χ1) is 14.7. The molecule has 1 amide bonds. The highest BCUT2D eigenvalue weighted by molar-refractivity contribution is 7.14. The van der Waals surface area contributed by atoms with Crippen LogP contribution in [0.5, 0.6) is 0 Å². The lowest BCUT2D eigenvalue weighted by molar-refractivity contribution is 0.0997. The smallest absolute Gasteiger partial charge is 0.292 e. The summed E-state index contributed by atoms with van der Waals surface area (Å²) in [6, 6.07) is 20.5. The van der Waals surface area contributed by atoms with Gasteiger partial charge in [-0.05, 0) is 24.3 Å². The molecular formula is C23H18ClN3O2S. The number of furan rings is 1. The molecule has 2 aromatic carbocycles. The van der Waals surface area contributed by atoms with Gasteiger partial charge in [0.2, 0.25) is 0 Å². The molecule has 0 unspecified atom stereocenters. The zero-order chi connectivity index (χ0) is 20.9. The molecule has 0 aliphatic carbocycles. The lowest BCUT2D eigenvalue weighted by atomic mass is 10.1. The van der Waals surface area contributed by atoms with Crippen LogP contribution in [0, 0.1) is 0 Å². The summed E-state index contributed by atoms with van der Waals surface area (Å²) in [6.07, 6.45) is 3.26. The van der Waals surface area contributed by atoms with Crippen LogP contribution >= 0.6 is 22.9 Å². The van der Waals surface area contributed by atoms with Crippen molar-refractivity contribution in [1.29, 1.82) is 0 Å². The molecule has 0 radical (unpaired) electrons. The van der Waals surface area contributed by atoms with Gasteiger partial charge >= 0.3 is 0 Å². The summed E-state index contributed by atoms with van der Waals surface area (Å²) in [6.45, 7) is 4.40. The molecule has 0 aliphatic heterocycles. The van der Waals surface area contributed by atoms with Crippen molar-refractivity contribution in [2.45, 2.75) is 6.54 Å². The minimum atomic E-state index is -0.325. The Bertz CT molecular complexity index is 1240. The fourth-order valence-corrected chi connectivity index (χ4v) is 4.23. The van der Waals surface area contributed by atoms with Crippen LogP contribution in [0.25, 0.3) is 11.3 Å². The number of thiazole rings is 1. The van der Waals surface area contributed by atoms with Crippen LogP contribution in [0.2, 0.25) is 5.02 Å². The van der Waals surface area contributed by atoms with E-state index in [0.29, 0.717) is 27.1 Å². The number of nitrogens with one attached hydrogen (secondary N) is 1. The van der Waals surface area contributed by atoms with E-state index < -0.39 is 0 Å². The number of allylic oxidation sites excluding steroid dienone is 1. The summed E-state index contributed by atoms with van der Waals surface area (Å²) in [5, 5.41) is 4.19. The Hall–Kier alpha value is -3.35. The topological polar surface area (TPSA) is 59.5 Å². The number of halogens is 1. The third-order valence-electron chi connectivity index (χ3n) is 4.31. The molecule has 0 saturated carbocycles. The second kappa shape index (κ2) is 8.98. The molecule has 0 atom stereocenters. The van der Waals surface area contributed by atoms with Crippen LogP contribution in [0.4, 0.5) is 10.7 Å². The summed E-state index contributed by atoms with van der Waals surface area (Å²) in [7, 11) is 0. The van der Waals surface area contributed by atoms with Crippen LogP contribution in [0.1, 0.15) is 10.6 Å². The Kier molecular flexibility index (Phi) is 5.97. The molecule has 1 N–H and O–H groups in total. The predicted molar refractivity (Wildman–Crippen MR) is 121 cm³/mol. The molecule has 30 heavy (non-hydrogen) atoms. The molecule has 0 spiro atoms. The Morgan fingerprint density at radius 3 is 2.60 bits per heavy atom. The molecule has 0 saturated heterocycles. The summed E-state index contributed by atoms with van der Waals surface area (Å²) >= 11 is 7.68. The molecule has 4 aromatic rings. The fourth-order valence-electron chi connectivity index (χ4n) is 2.98. The minimum Gasteiger partial charge on any atom is -0.459 e. The molecule has 7 heteroatoms. The Labute approximate surface area is 182 Å². The quantitative estimate of drug-likeness (QED) is 0.370. The van der Waals surface area contributed by atoms with E-state index in [9.17, 15) is 4.79 Å². The van der Waals surface area contributed by atoms with Gasteiger partial charge in [0.1, 0.15) is 5.00 Å². The standard InChI is InChI=1S/C23H18ClN3O2S/c1-2-14-27-20(16-9-4-3-5-10-16)22(26-21(28)19-13-8-15-29-19)30-23(27)25-18-12-7-6-11-17(18)24/h2-13,15H,1,14H2,(H,26,28). The normalized spacial score (nSPS) is 11.4. The average Bonchev–Trinajstić information content (AvgIpc) is 3.40. The van der Waals surface area contributed by atoms with Gasteiger partial charge in [0.05, 0.1) is 22.7 Å². The molecular weight excluding hydrogens is 418 g/mol. The SMILES string of the molecule is C=CCn1c(-c2ccccc2)c(NC(=O)c2ccco2)sc1=Nc1ccccc1Cl. The van der Waals surface area contributed by atoms with Gasteiger partial charge in [0.15, 0.2) is 10.6 Å². The summed E-state index contributed by atoms with van der Waals surface area (Å²) in [5.41, 5.74) is 2.44. The van der Waals surface area contributed by atoms with Gasteiger partial charge < -0.3 is 14.3 Å². The first-order valence-corrected chi connectivity index (χ1v) is 10.4. The third-order valence-corrected chi connectivity index (χ3v) is 5.62. The van der Waals surface area contributed by atoms with Crippen molar-refractivity contribution in [3.05, 3.63) is 101 Å². The number of carbonyl (C=O) groups is 1. The number of para-hydroxylation sites is 1. The van der Waals surface area contributed by atoms with E-state index >= 15 is 0 Å². The summed E-state index contributed by atoms with van der Waals surface area (Å²) in [4.78, 5) is 18.1. The maximum atomic E-state index is 12.7. The van der Waals surface area contributed by atoms with Crippen LogP contribution in [0.3, 0.4) is 0 Å². The zero-order valence-electron chi connectivity index (χ0n) is 15.9. The van der Waals surface area contributed by atoms with Gasteiger partial charge in [-0.15, -0.1) is 6.58 Å². The number of hydrogen-bond acceptors (Lipinski definition) is 4. The van der Waals surface area contributed by atoms with E-state index in [4.69, 9.17) is 21.0 Å². The van der Waals surface area contributed by atoms with Crippen LogP contribution in [-0.2, 0) is 6.54 Å². The number of rotatable bonds is 6. The molecule has 2 heterocycles. The summed E-state index contributed by atoms with van der Waals surface area (Å²) < 4.78 is 7.25. The molecule has 2 aromatic heterocycles. The molecule has 0 aliphatic rings. The number of hydrogen-bond donors (Lipinski definition) is 1. The highest BCUT2D eigenvalue weighted by atomic mass is 35.5. The molecule has 4 rings (SSSR count). The zero-order valence-corrected chi connectivity index (χ0v) is 17.5. The Morgan fingerprint density at radius 1 is 1.13 bits per heavy atom. The van der Waals surface area contributed by atoms with Crippen molar-refractivity contribution in [2.75, 3.05) is 5.32 Å². The maximum Gasteiger partial charge on any atom is 0.292 e.